The van der Waals surface area contributed by atoms with E-state index in [1.165, 1.54) is 0 Å². The Bertz CT molecular complexity index is 339. The van der Waals surface area contributed by atoms with Gasteiger partial charge in [-0.25, -0.2) is 4.79 Å². The Morgan fingerprint density at radius 1 is 1.35 bits per heavy atom. The number of unbranched alkanes of at least 4 members (excludes halogenated alkanes) is 1. The van der Waals surface area contributed by atoms with Crippen LogP contribution in [0.2, 0.25) is 0 Å². The zero-order chi connectivity index (χ0) is 15.2. The van der Waals surface area contributed by atoms with E-state index in [-0.39, 0.29) is 12.0 Å². The number of carbonyl (C=O) groups excluding carboxylic acids is 2. The molecule has 1 rings (SSSR count). The number of ether oxygens (including phenoxy) is 1. The first-order chi connectivity index (χ1) is 9.28. The van der Waals surface area contributed by atoms with Gasteiger partial charge in [0.05, 0.1) is 0 Å². The van der Waals surface area contributed by atoms with Gasteiger partial charge in [-0.3, -0.25) is 4.79 Å². The van der Waals surface area contributed by atoms with Gasteiger partial charge in [0, 0.05) is 25.6 Å². The predicted molar refractivity (Wildman–Crippen MR) is 77.3 cm³/mol. The first-order valence-electron chi connectivity index (χ1n) is 7.27. The van der Waals surface area contributed by atoms with Crippen LogP contribution in [0.15, 0.2) is 0 Å². The molecular formula is C14H27N3O3. The molecule has 2 amide bonds. The van der Waals surface area contributed by atoms with E-state index >= 15 is 0 Å². The van der Waals surface area contributed by atoms with Crippen LogP contribution in [-0.2, 0) is 9.53 Å². The Kier molecular flexibility index (Phi) is 6.26. The topological polar surface area (TPSA) is 84.7 Å². The van der Waals surface area contributed by atoms with E-state index in [1.54, 1.807) is 4.90 Å². The average molecular weight is 285 g/mol. The number of hydrogen-bond acceptors (Lipinski definition) is 4. The molecule has 6 nitrogen and oxygen atoms in total. The Balaban J connectivity index is 2.16. The van der Waals surface area contributed by atoms with Crippen molar-refractivity contribution in [1.29, 1.82) is 0 Å². The van der Waals surface area contributed by atoms with E-state index in [0.29, 0.717) is 19.0 Å². The van der Waals surface area contributed by atoms with Crippen LogP contribution in [0.5, 0.6) is 0 Å². The first kappa shape index (κ1) is 16.8. The van der Waals surface area contributed by atoms with Gasteiger partial charge in [0.1, 0.15) is 5.60 Å². The molecule has 1 aliphatic rings. The van der Waals surface area contributed by atoms with Gasteiger partial charge in [0.2, 0.25) is 5.91 Å². The standard InChI is InChI=1S/C14H27N3O3/c1-14(2,3)20-13(19)17-9-7-11(10-17)16-8-5-4-6-12(15)18/h11,16H,4-10H2,1-3H3,(H2,15,18). The monoisotopic (exact) mass is 285 g/mol. The van der Waals surface area contributed by atoms with Crippen LogP contribution in [0.3, 0.4) is 0 Å². The van der Waals surface area contributed by atoms with E-state index in [9.17, 15) is 9.59 Å². The SMILES string of the molecule is CC(C)(C)OC(=O)N1CCC(NCCCCC(N)=O)C1. The molecule has 1 saturated heterocycles. The largest absolute Gasteiger partial charge is 0.444 e. The molecule has 0 aromatic heterocycles. The molecule has 0 bridgehead atoms. The van der Waals surface area contributed by atoms with Crippen molar-refractivity contribution in [2.45, 2.75) is 58.1 Å². The lowest BCUT2D eigenvalue weighted by atomic mass is 10.2. The van der Waals surface area contributed by atoms with Gasteiger partial charge in [-0.05, 0) is 46.6 Å². The quantitative estimate of drug-likeness (QED) is 0.719. The van der Waals surface area contributed by atoms with E-state index in [2.05, 4.69) is 5.32 Å². The third-order valence-corrected chi connectivity index (χ3v) is 3.12. The smallest absolute Gasteiger partial charge is 0.410 e. The van der Waals surface area contributed by atoms with Crippen molar-refractivity contribution in [2.24, 2.45) is 5.73 Å². The Hall–Kier alpha value is -1.30. The van der Waals surface area contributed by atoms with Crippen molar-refractivity contribution < 1.29 is 14.3 Å². The van der Waals surface area contributed by atoms with Crippen molar-refractivity contribution >= 4 is 12.0 Å². The fourth-order valence-corrected chi connectivity index (χ4v) is 2.15. The molecule has 1 aliphatic heterocycles. The van der Waals surface area contributed by atoms with Crippen molar-refractivity contribution in [1.82, 2.24) is 10.2 Å². The summed E-state index contributed by atoms with van der Waals surface area (Å²) in [5.74, 6) is -0.248. The number of nitrogens with zero attached hydrogens (tertiary/aromatic N) is 1. The van der Waals surface area contributed by atoms with Crippen LogP contribution in [0.25, 0.3) is 0 Å². The zero-order valence-electron chi connectivity index (χ0n) is 12.8. The van der Waals surface area contributed by atoms with Crippen LogP contribution in [0.1, 0.15) is 46.5 Å². The summed E-state index contributed by atoms with van der Waals surface area (Å²) in [7, 11) is 0. The normalized spacial score (nSPS) is 19.1. The maximum Gasteiger partial charge on any atom is 0.410 e. The Morgan fingerprint density at radius 2 is 2.05 bits per heavy atom. The van der Waals surface area contributed by atoms with Crippen LogP contribution in [0, 0.1) is 0 Å². The molecule has 1 heterocycles. The lowest BCUT2D eigenvalue weighted by Crippen LogP contribution is -2.38. The average Bonchev–Trinajstić information content (AvgIpc) is 2.74. The molecule has 0 spiro atoms. The summed E-state index contributed by atoms with van der Waals surface area (Å²) in [6.45, 7) is 7.87. The molecule has 0 aromatic rings. The van der Waals surface area contributed by atoms with Gasteiger partial charge in [-0.2, -0.15) is 0 Å². The minimum Gasteiger partial charge on any atom is -0.444 e. The molecule has 0 aliphatic carbocycles. The van der Waals surface area contributed by atoms with Crippen LogP contribution >= 0.6 is 0 Å². The predicted octanol–water partition coefficient (Wildman–Crippen LogP) is 1.24. The zero-order valence-corrected chi connectivity index (χ0v) is 12.8. The second kappa shape index (κ2) is 7.47. The van der Waals surface area contributed by atoms with Gasteiger partial charge in [-0.15, -0.1) is 0 Å². The third-order valence-electron chi connectivity index (χ3n) is 3.12. The number of amides is 2. The molecule has 1 unspecified atom stereocenters. The molecule has 3 N–H and O–H groups in total. The maximum atomic E-state index is 11.9. The molecule has 116 valence electrons. The van der Waals surface area contributed by atoms with Gasteiger partial charge in [0.15, 0.2) is 0 Å². The lowest BCUT2D eigenvalue weighted by Gasteiger charge is -2.24. The fourth-order valence-electron chi connectivity index (χ4n) is 2.15. The molecule has 20 heavy (non-hydrogen) atoms. The number of rotatable bonds is 6. The highest BCUT2D eigenvalue weighted by Gasteiger charge is 2.29. The summed E-state index contributed by atoms with van der Waals surface area (Å²) in [6, 6.07) is 0.316. The maximum absolute atomic E-state index is 11.9. The van der Waals surface area contributed by atoms with E-state index < -0.39 is 5.60 Å². The van der Waals surface area contributed by atoms with Crippen LogP contribution < -0.4 is 11.1 Å². The number of hydrogen-bond donors (Lipinski definition) is 2. The molecule has 0 radical (unpaired) electrons. The number of nitrogens with two attached hydrogens (primary N) is 1. The first-order valence-corrected chi connectivity index (χ1v) is 7.27. The summed E-state index contributed by atoms with van der Waals surface area (Å²) < 4.78 is 5.35. The van der Waals surface area contributed by atoms with Crippen molar-refractivity contribution in [3.63, 3.8) is 0 Å². The van der Waals surface area contributed by atoms with Gasteiger partial charge in [-0.1, -0.05) is 0 Å². The molecule has 1 fully saturated rings. The van der Waals surface area contributed by atoms with Gasteiger partial charge >= 0.3 is 6.09 Å². The molecular weight excluding hydrogens is 258 g/mol. The van der Waals surface area contributed by atoms with Crippen molar-refractivity contribution in [3.8, 4) is 0 Å². The Morgan fingerprint density at radius 3 is 2.65 bits per heavy atom. The number of likely N-dealkylation sites (tertiary alicyclic amines) is 1. The molecule has 0 saturated carbocycles. The third kappa shape index (κ3) is 6.75. The fraction of sp³-hybridized carbons (Fsp3) is 0.857. The summed E-state index contributed by atoms with van der Waals surface area (Å²) in [5.41, 5.74) is 4.63. The van der Waals surface area contributed by atoms with Crippen LogP contribution in [0.4, 0.5) is 4.79 Å². The van der Waals surface area contributed by atoms with Gasteiger partial charge < -0.3 is 20.7 Å². The molecule has 1 atom stereocenters. The van der Waals surface area contributed by atoms with E-state index in [0.717, 1.165) is 32.4 Å². The van der Waals surface area contributed by atoms with Gasteiger partial charge in [0.25, 0.3) is 0 Å². The van der Waals surface area contributed by atoms with Crippen LogP contribution in [-0.4, -0.2) is 48.2 Å². The van der Waals surface area contributed by atoms with E-state index in [4.69, 9.17) is 10.5 Å². The highest BCUT2D eigenvalue weighted by molar-refractivity contribution is 5.73. The lowest BCUT2D eigenvalue weighted by molar-refractivity contribution is -0.118. The van der Waals surface area contributed by atoms with E-state index in [1.807, 2.05) is 20.8 Å². The number of nitrogens with one attached hydrogen (secondary N) is 1. The Labute approximate surface area is 121 Å². The minimum absolute atomic E-state index is 0.240. The summed E-state index contributed by atoms with van der Waals surface area (Å²) >= 11 is 0. The summed E-state index contributed by atoms with van der Waals surface area (Å²) in [6.07, 6.45) is 2.87. The minimum atomic E-state index is -0.447. The van der Waals surface area contributed by atoms with Crippen molar-refractivity contribution in [3.05, 3.63) is 0 Å². The van der Waals surface area contributed by atoms with Crippen molar-refractivity contribution in [2.75, 3.05) is 19.6 Å². The second-order valence-electron chi connectivity index (χ2n) is 6.29. The summed E-state index contributed by atoms with van der Waals surface area (Å²) in [4.78, 5) is 24.2. The highest BCUT2D eigenvalue weighted by atomic mass is 16.6. The number of primary amides is 1. The number of carbonyl (C=O) groups is 2. The summed E-state index contributed by atoms with van der Waals surface area (Å²) in [5, 5.41) is 3.40. The molecule has 0 aromatic carbocycles. The highest BCUT2D eigenvalue weighted by Crippen LogP contribution is 2.15. The molecule has 6 heteroatoms. The second-order valence-corrected chi connectivity index (χ2v) is 6.29.